The molecule has 4 amide bonds. The van der Waals surface area contributed by atoms with E-state index in [4.69, 9.17) is 11.5 Å². The monoisotopic (exact) mass is 555 g/mol. The summed E-state index contributed by atoms with van der Waals surface area (Å²) in [6.07, 6.45) is -0.226. The number of primary amides is 1. The normalized spacial score (nSPS) is 13.9. The Kier molecular flexibility index (Phi) is 12.1. The standard InChI is InChI=1S/C28H37N5O7/c1-16(2)12-21(31-25(36)20(29)15-24(30)35)26(37)32-22(13-18-8-10-19(34)11-9-18)27(38)33-23(28(39)40)14-17-6-4-3-5-7-17/h3-11,16,20-23,34H,12-15,29H2,1-2H3,(H2,30,35)(H,31,36)(H,32,37)(H,33,38)(H,39,40). The molecule has 0 saturated carbocycles. The molecule has 12 heteroatoms. The van der Waals surface area contributed by atoms with Gasteiger partial charge in [-0.1, -0.05) is 56.3 Å². The van der Waals surface area contributed by atoms with Gasteiger partial charge in [-0.15, -0.1) is 0 Å². The largest absolute Gasteiger partial charge is 0.508 e. The number of hydrogen-bond donors (Lipinski definition) is 7. The van der Waals surface area contributed by atoms with Crippen LogP contribution in [0.3, 0.4) is 0 Å². The van der Waals surface area contributed by atoms with Crippen molar-refractivity contribution in [3.63, 3.8) is 0 Å². The summed E-state index contributed by atoms with van der Waals surface area (Å²) in [5, 5.41) is 27.0. The molecule has 12 nitrogen and oxygen atoms in total. The van der Waals surface area contributed by atoms with Gasteiger partial charge >= 0.3 is 5.97 Å². The Morgan fingerprint density at radius 2 is 1.25 bits per heavy atom. The molecule has 9 N–H and O–H groups in total. The van der Waals surface area contributed by atoms with Crippen molar-refractivity contribution in [1.82, 2.24) is 16.0 Å². The molecule has 0 fully saturated rings. The highest BCUT2D eigenvalue weighted by atomic mass is 16.4. The van der Waals surface area contributed by atoms with Crippen molar-refractivity contribution in [3.05, 3.63) is 65.7 Å². The first kappa shape index (κ1) is 31.8. The fourth-order valence-electron chi connectivity index (χ4n) is 3.96. The minimum absolute atomic E-state index is 0.00889. The molecule has 216 valence electrons. The predicted molar refractivity (Wildman–Crippen MR) is 147 cm³/mol. The van der Waals surface area contributed by atoms with Crippen LogP contribution in [0.1, 0.15) is 37.8 Å². The van der Waals surface area contributed by atoms with E-state index in [1.807, 2.05) is 13.8 Å². The van der Waals surface area contributed by atoms with Crippen molar-refractivity contribution < 1.29 is 34.2 Å². The van der Waals surface area contributed by atoms with Gasteiger partial charge in [0, 0.05) is 12.8 Å². The molecule has 4 unspecified atom stereocenters. The number of nitrogens with two attached hydrogens (primary N) is 2. The number of amides is 4. The number of carbonyl (C=O) groups is 5. The van der Waals surface area contributed by atoms with Crippen LogP contribution in [-0.2, 0) is 36.8 Å². The molecule has 2 rings (SSSR count). The number of aromatic hydroxyl groups is 1. The van der Waals surface area contributed by atoms with Crippen LogP contribution in [0.2, 0.25) is 0 Å². The van der Waals surface area contributed by atoms with Gasteiger partial charge in [-0.05, 0) is 35.6 Å². The molecule has 0 aliphatic heterocycles. The van der Waals surface area contributed by atoms with Gasteiger partial charge in [0.25, 0.3) is 0 Å². The summed E-state index contributed by atoms with van der Waals surface area (Å²) in [5.41, 5.74) is 12.1. The summed E-state index contributed by atoms with van der Waals surface area (Å²) < 4.78 is 0. The van der Waals surface area contributed by atoms with Gasteiger partial charge < -0.3 is 37.6 Å². The number of hydrogen-bond acceptors (Lipinski definition) is 7. The van der Waals surface area contributed by atoms with Crippen LogP contribution in [0.15, 0.2) is 54.6 Å². The number of phenols is 1. The van der Waals surface area contributed by atoms with Crippen LogP contribution in [0.5, 0.6) is 5.75 Å². The van der Waals surface area contributed by atoms with Gasteiger partial charge in [0.1, 0.15) is 23.9 Å². The zero-order valence-electron chi connectivity index (χ0n) is 22.5. The summed E-state index contributed by atoms with van der Waals surface area (Å²) in [7, 11) is 0. The third kappa shape index (κ3) is 10.7. The number of phenolic OH excluding ortho intramolecular Hbond substituents is 1. The zero-order valence-corrected chi connectivity index (χ0v) is 22.5. The molecule has 0 aliphatic carbocycles. The number of nitrogens with one attached hydrogen (secondary N) is 3. The lowest BCUT2D eigenvalue weighted by Crippen LogP contribution is -2.58. The van der Waals surface area contributed by atoms with Gasteiger partial charge in [-0.2, -0.15) is 0 Å². The Morgan fingerprint density at radius 1 is 0.750 bits per heavy atom. The van der Waals surface area contributed by atoms with Crippen LogP contribution in [0.25, 0.3) is 0 Å². The maximum absolute atomic E-state index is 13.4. The highest BCUT2D eigenvalue weighted by Gasteiger charge is 2.31. The maximum atomic E-state index is 13.4. The molecule has 0 bridgehead atoms. The van der Waals surface area contributed by atoms with E-state index in [0.29, 0.717) is 11.1 Å². The Labute approximate surface area is 232 Å². The second-order valence-electron chi connectivity index (χ2n) is 9.99. The first-order valence-electron chi connectivity index (χ1n) is 12.8. The molecular formula is C28H37N5O7. The lowest BCUT2D eigenvalue weighted by atomic mass is 10.00. The second-order valence-corrected chi connectivity index (χ2v) is 9.99. The van der Waals surface area contributed by atoms with E-state index < -0.39 is 60.2 Å². The number of carboxylic acid groups (broad SMARTS) is 1. The molecule has 4 atom stereocenters. The van der Waals surface area contributed by atoms with E-state index in [-0.39, 0.29) is 30.9 Å². The van der Waals surface area contributed by atoms with Crippen molar-refractivity contribution in [1.29, 1.82) is 0 Å². The van der Waals surface area contributed by atoms with Gasteiger partial charge in [0.05, 0.1) is 12.5 Å². The van der Waals surface area contributed by atoms with Gasteiger partial charge in [-0.3, -0.25) is 19.2 Å². The Hall–Kier alpha value is -4.45. The molecule has 0 aliphatic rings. The predicted octanol–water partition coefficient (Wildman–Crippen LogP) is -0.0348. The zero-order chi connectivity index (χ0) is 29.8. The van der Waals surface area contributed by atoms with Crippen LogP contribution in [0, 0.1) is 5.92 Å². The van der Waals surface area contributed by atoms with Crippen molar-refractivity contribution >= 4 is 29.6 Å². The van der Waals surface area contributed by atoms with Gasteiger partial charge in [-0.25, -0.2) is 4.79 Å². The van der Waals surface area contributed by atoms with E-state index in [0.717, 1.165) is 0 Å². The lowest BCUT2D eigenvalue weighted by Gasteiger charge is -2.26. The molecule has 2 aromatic carbocycles. The number of carboxylic acids is 1. The van der Waals surface area contributed by atoms with Crippen molar-refractivity contribution in [3.8, 4) is 5.75 Å². The summed E-state index contributed by atoms with van der Waals surface area (Å²) in [6.45, 7) is 3.66. The van der Waals surface area contributed by atoms with E-state index in [1.54, 1.807) is 42.5 Å². The average molecular weight is 556 g/mol. The van der Waals surface area contributed by atoms with Crippen molar-refractivity contribution in [2.45, 2.75) is 63.7 Å². The Morgan fingerprint density at radius 3 is 1.80 bits per heavy atom. The molecule has 0 heterocycles. The molecule has 0 radical (unpaired) electrons. The molecule has 40 heavy (non-hydrogen) atoms. The third-order valence-electron chi connectivity index (χ3n) is 6.00. The topological polar surface area (TPSA) is 214 Å². The summed E-state index contributed by atoms with van der Waals surface area (Å²) in [4.78, 5) is 62.3. The van der Waals surface area contributed by atoms with Crippen LogP contribution >= 0.6 is 0 Å². The number of benzene rings is 2. The summed E-state index contributed by atoms with van der Waals surface area (Å²) >= 11 is 0. The van der Waals surface area contributed by atoms with E-state index in [1.165, 1.54) is 12.1 Å². The Bertz CT molecular complexity index is 1170. The average Bonchev–Trinajstić information content (AvgIpc) is 2.88. The lowest BCUT2D eigenvalue weighted by molar-refractivity contribution is -0.142. The summed E-state index contributed by atoms with van der Waals surface area (Å²) in [6, 6.07) is 9.89. The Balaban J connectivity index is 2.27. The third-order valence-corrected chi connectivity index (χ3v) is 6.00. The van der Waals surface area contributed by atoms with Crippen molar-refractivity contribution in [2.24, 2.45) is 17.4 Å². The quantitative estimate of drug-likeness (QED) is 0.158. The highest BCUT2D eigenvalue weighted by Crippen LogP contribution is 2.13. The first-order valence-corrected chi connectivity index (χ1v) is 12.8. The SMILES string of the molecule is CC(C)CC(NC(=O)C(N)CC(N)=O)C(=O)NC(Cc1ccc(O)cc1)C(=O)NC(Cc1ccccc1)C(=O)O. The fourth-order valence-corrected chi connectivity index (χ4v) is 3.96. The fraction of sp³-hybridized carbons (Fsp3) is 0.393. The van der Waals surface area contributed by atoms with Crippen LogP contribution < -0.4 is 27.4 Å². The van der Waals surface area contributed by atoms with E-state index >= 15 is 0 Å². The minimum Gasteiger partial charge on any atom is -0.508 e. The number of aliphatic carboxylic acids is 1. The van der Waals surface area contributed by atoms with E-state index in [9.17, 15) is 34.2 Å². The molecular weight excluding hydrogens is 518 g/mol. The van der Waals surface area contributed by atoms with Crippen LogP contribution in [-0.4, -0.2) is 64.0 Å². The van der Waals surface area contributed by atoms with Crippen molar-refractivity contribution in [2.75, 3.05) is 0 Å². The van der Waals surface area contributed by atoms with Gasteiger partial charge in [0.15, 0.2) is 0 Å². The second kappa shape index (κ2) is 15.2. The molecule has 0 spiro atoms. The smallest absolute Gasteiger partial charge is 0.326 e. The highest BCUT2D eigenvalue weighted by molar-refractivity contribution is 5.95. The molecule has 2 aromatic rings. The van der Waals surface area contributed by atoms with Gasteiger partial charge in [0.2, 0.25) is 23.6 Å². The molecule has 0 aromatic heterocycles. The maximum Gasteiger partial charge on any atom is 0.326 e. The molecule has 0 saturated heterocycles. The van der Waals surface area contributed by atoms with Crippen LogP contribution in [0.4, 0.5) is 0 Å². The van der Waals surface area contributed by atoms with E-state index in [2.05, 4.69) is 16.0 Å². The first-order chi connectivity index (χ1) is 18.8. The minimum atomic E-state index is -1.27. The number of rotatable bonds is 15. The summed E-state index contributed by atoms with van der Waals surface area (Å²) in [5.74, 6) is -4.26. The number of carbonyl (C=O) groups excluding carboxylic acids is 4.